The third-order valence-corrected chi connectivity index (χ3v) is 3.25. The van der Waals surface area contributed by atoms with Gasteiger partial charge in [-0.25, -0.2) is 0 Å². The molecule has 2 amide bonds. The Bertz CT molecular complexity index is 655. The van der Waals surface area contributed by atoms with Crippen molar-refractivity contribution in [3.05, 3.63) is 54.4 Å². The highest BCUT2D eigenvalue weighted by atomic mass is 16.2. The fourth-order valence-electron chi connectivity index (χ4n) is 2.31. The molecule has 0 radical (unpaired) electrons. The predicted molar refractivity (Wildman–Crippen MR) is 75.3 cm³/mol. The summed E-state index contributed by atoms with van der Waals surface area (Å²) < 4.78 is 0. The van der Waals surface area contributed by atoms with Gasteiger partial charge in [-0.3, -0.25) is 14.6 Å². The van der Waals surface area contributed by atoms with E-state index in [1.54, 1.807) is 30.6 Å². The second-order valence-corrected chi connectivity index (χ2v) is 4.62. The van der Waals surface area contributed by atoms with Gasteiger partial charge in [0.15, 0.2) is 0 Å². The fraction of sp³-hybridized carbons (Fsp3) is 0.133. The van der Waals surface area contributed by atoms with Gasteiger partial charge in [-0.15, -0.1) is 0 Å². The van der Waals surface area contributed by atoms with Gasteiger partial charge >= 0.3 is 0 Å². The molecule has 0 fully saturated rings. The molecule has 0 spiro atoms. The second kappa shape index (κ2) is 5.13. The Balaban J connectivity index is 1.87. The molecular formula is C15H13N3O2. The van der Waals surface area contributed by atoms with E-state index in [2.05, 4.69) is 15.6 Å². The van der Waals surface area contributed by atoms with Crippen LogP contribution in [-0.4, -0.2) is 16.8 Å². The Morgan fingerprint density at radius 1 is 1.25 bits per heavy atom. The van der Waals surface area contributed by atoms with Crippen LogP contribution in [0.2, 0.25) is 0 Å². The number of aromatic nitrogens is 1. The van der Waals surface area contributed by atoms with Gasteiger partial charge in [-0.1, -0.05) is 18.2 Å². The SMILES string of the molecule is O=C1C[C@H](C(=O)Nc2cccnc2)c2ccccc2N1. The summed E-state index contributed by atoms with van der Waals surface area (Å²) in [6.45, 7) is 0. The zero-order valence-electron chi connectivity index (χ0n) is 10.7. The lowest BCUT2D eigenvalue weighted by atomic mass is 9.90. The van der Waals surface area contributed by atoms with Crippen LogP contribution in [0.1, 0.15) is 17.9 Å². The topological polar surface area (TPSA) is 71.1 Å². The number of para-hydroxylation sites is 1. The van der Waals surface area contributed by atoms with Gasteiger partial charge in [0.1, 0.15) is 0 Å². The number of hydrogen-bond donors (Lipinski definition) is 2. The highest BCUT2D eigenvalue weighted by molar-refractivity contribution is 6.04. The average molecular weight is 267 g/mol. The number of nitrogens with zero attached hydrogens (tertiary/aromatic N) is 1. The maximum Gasteiger partial charge on any atom is 0.232 e. The highest BCUT2D eigenvalue weighted by Gasteiger charge is 2.30. The fourth-order valence-corrected chi connectivity index (χ4v) is 2.31. The Morgan fingerprint density at radius 3 is 2.90 bits per heavy atom. The molecule has 0 aliphatic carbocycles. The molecule has 1 atom stereocenters. The molecule has 2 N–H and O–H groups in total. The van der Waals surface area contributed by atoms with Crippen molar-refractivity contribution in [1.29, 1.82) is 0 Å². The van der Waals surface area contributed by atoms with Crippen molar-refractivity contribution in [1.82, 2.24) is 4.98 Å². The van der Waals surface area contributed by atoms with Crippen molar-refractivity contribution in [3.63, 3.8) is 0 Å². The van der Waals surface area contributed by atoms with Crippen LogP contribution in [0.25, 0.3) is 0 Å². The number of benzene rings is 1. The van der Waals surface area contributed by atoms with Crippen molar-refractivity contribution in [2.24, 2.45) is 0 Å². The third-order valence-electron chi connectivity index (χ3n) is 3.25. The zero-order chi connectivity index (χ0) is 13.9. The van der Waals surface area contributed by atoms with Gasteiger partial charge in [0.05, 0.1) is 17.8 Å². The number of rotatable bonds is 2. The summed E-state index contributed by atoms with van der Waals surface area (Å²) in [5, 5.41) is 5.57. The van der Waals surface area contributed by atoms with Crippen LogP contribution < -0.4 is 10.6 Å². The molecule has 1 aromatic heterocycles. The van der Waals surface area contributed by atoms with Gasteiger partial charge in [0.25, 0.3) is 0 Å². The number of carbonyl (C=O) groups is 2. The van der Waals surface area contributed by atoms with E-state index in [1.165, 1.54) is 0 Å². The molecule has 1 aromatic carbocycles. The minimum Gasteiger partial charge on any atom is -0.326 e. The number of fused-ring (bicyclic) bond motifs is 1. The lowest BCUT2D eigenvalue weighted by molar-refractivity contribution is -0.123. The average Bonchev–Trinajstić information content (AvgIpc) is 2.47. The number of pyridine rings is 1. The third kappa shape index (κ3) is 2.38. The molecular weight excluding hydrogens is 254 g/mol. The van der Waals surface area contributed by atoms with Gasteiger partial charge in [-0.2, -0.15) is 0 Å². The van der Waals surface area contributed by atoms with Gasteiger partial charge in [-0.05, 0) is 23.8 Å². The highest BCUT2D eigenvalue weighted by Crippen LogP contribution is 2.32. The van der Waals surface area contributed by atoms with Crippen LogP contribution in [0.15, 0.2) is 48.8 Å². The minimum atomic E-state index is -0.472. The Hall–Kier alpha value is -2.69. The number of amides is 2. The van der Waals surface area contributed by atoms with Crippen molar-refractivity contribution < 1.29 is 9.59 Å². The summed E-state index contributed by atoms with van der Waals surface area (Å²) >= 11 is 0. The molecule has 1 aliphatic rings. The Labute approximate surface area is 116 Å². The molecule has 0 unspecified atom stereocenters. The van der Waals surface area contributed by atoms with Crippen molar-refractivity contribution >= 4 is 23.2 Å². The molecule has 100 valence electrons. The van der Waals surface area contributed by atoms with Crippen molar-refractivity contribution in [3.8, 4) is 0 Å². The molecule has 2 heterocycles. The van der Waals surface area contributed by atoms with Crippen LogP contribution in [0.4, 0.5) is 11.4 Å². The first kappa shape index (κ1) is 12.3. The van der Waals surface area contributed by atoms with E-state index in [0.29, 0.717) is 11.4 Å². The molecule has 2 aromatic rings. The van der Waals surface area contributed by atoms with E-state index in [9.17, 15) is 9.59 Å². The largest absolute Gasteiger partial charge is 0.326 e. The van der Waals surface area contributed by atoms with E-state index in [-0.39, 0.29) is 18.2 Å². The Kier molecular flexibility index (Phi) is 3.16. The lowest BCUT2D eigenvalue weighted by Crippen LogP contribution is -2.30. The van der Waals surface area contributed by atoms with Gasteiger partial charge < -0.3 is 10.6 Å². The van der Waals surface area contributed by atoms with Crippen LogP contribution in [0, 0.1) is 0 Å². The van der Waals surface area contributed by atoms with E-state index < -0.39 is 5.92 Å². The van der Waals surface area contributed by atoms with E-state index in [4.69, 9.17) is 0 Å². The Morgan fingerprint density at radius 2 is 2.10 bits per heavy atom. The molecule has 5 nitrogen and oxygen atoms in total. The molecule has 0 saturated carbocycles. The van der Waals surface area contributed by atoms with Gasteiger partial charge in [0, 0.05) is 18.3 Å². The van der Waals surface area contributed by atoms with Crippen LogP contribution in [0.5, 0.6) is 0 Å². The number of hydrogen-bond acceptors (Lipinski definition) is 3. The maximum absolute atomic E-state index is 12.4. The number of carbonyl (C=O) groups excluding carboxylic acids is 2. The monoisotopic (exact) mass is 267 g/mol. The van der Waals surface area contributed by atoms with Crippen LogP contribution >= 0.6 is 0 Å². The summed E-state index contributed by atoms with van der Waals surface area (Å²) in [5.41, 5.74) is 2.17. The molecule has 0 saturated heterocycles. The quantitative estimate of drug-likeness (QED) is 0.875. The van der Waals surface area contributed by atoms with E-state index in [0.717, 1.165) is 5.56 Å². The first-order chi connectivity index (χ1) is 9.74. The minimum absolute atomic E-state index is 0.143. The first-order valence-corrected chi connectivity index (χ1v) is 6.34. The zero-order valence-corrected chi connectivity index (χ0v) is 10.7. The summed E-state index contributed by atoms with van der Waals surface area (Å²) in [5.74, 6) is -0.810. The molecule has 1 aliphatic heterocycles. The van der Waals surface area contributed by atoms with Gasteiger partial charge in [0.2, 0.25) is 11.8 Å². The first-order valence-electron chi connectivity index (χ1n) is 6.34. The molecule has 0 bridgehead atoms. The summed E-state index contributed by atoms with van der Waals surface area (Å²) in [6, 6.07) is 10.9. The van der Waals surface area contributed by atoms with Crippen molar-refractivity contribution in [2.45, 2.75) is 12.3 Å². The summed E-state index contributed by atoms with van der Waals surface area (Å²) in [7, 11) is 0. The molecule has 5 heteroatoms. The van der Waals surface area contributed by atoms with E-state index in [1.807, 2.05) is 18.2 Å². The number of nitrogens with one attached hydrogen (secondary N) is 2. The summed E-state index contributed by atoms with van der Waals surface area (Å²) in [6.07, 6.45) is 3.37. The predicted octanol–water partition coefficient (Wildman–Crippen LogP) is 2.15. The maximum atomic E-state index is 12.4. The lowest BCUT2D eigenvalue weighted by Gasteiger charge is -2.24. The van der Waals surface area contributed by atoms with Crippen LogP contribution in [0.3, 0.4) is 0 Å². The number of anilines is 2. The smallest absolute Gasteiger partial charge is 0.232 e. The van der Waals surface area contributed by atoms with E-state index >= 15 is 0 Å². The normalized spacial score (nSPS) is 17.0. The standard InChI is InChI=1S/C15H13N3O2/c19-14-8-12(11-5-1-2-6-13(11)18-14)15(20)17-10-4-3-7-16-9-10/h1-7,9,12H,8H2,(H,17,20)(H,18,19)/t12-/m0/s1. The second-order valence-electron chi connectivity index (χ2n) is 4.62. The van der Waals surface area contributed by atoms with Crippen LogP contribution in [-0.2, 0) is 9.59 Å². The molecule has 3 rings (SSSR count). The molecule has 20 heavy (non-hydrogen) atoms. The van der Waals surface area contributed by atoms with Crippen molar-refractivity contribution in [2.75, 3.05) is 10.6 Å². The summed E-state index contributed by atoms with van der Waals surface area (Å²) in [4.78, 5) is 28.0.